The summed E-state index contributed by atoms with van der Waals surface area (Å²) in [5.74, 6) is -0.772. The molecule has 266 valence electrons. The number of hydrogen-bond acceptors (Lipinski definition) is 5. The van der Waals surface area contributed by atoms with Gasteiger partial charge in [-0.25, -0.2) is 4.79 Å². The van der Waals surface area contributed by atoms with Crippen LogP contribution in [0.1, 0.15) is 133 Å². The molecule has 2 atom stereocenters. The minimum atomic E-state index is -4.58. The van der Waals surface area contributed by atoms with Crippen molar-refractivity contribution < 1.29 is 37.0 Å². The summed E-state index contributed by atoms with van der Waals surface area (Å²) in [4.78, 5) is 25.2. The maximum absolute atomic E-state index is 13.5. The highest BCUT2D eigenvalue weighted by molar-refractivity contribution is 5.88. The Hall–Kier alpha value is -3.29. The van der Waals surface area contributed by atoms with E-state index < -0.39 is 30.1 Å². The third-order valence-corrected chi connectivity index (χ3v) is 8.96. The molecule has 0 amide bonds. The van der Waals surface area contributed by atoms with Gasteiger partial charge >= 0.3 is 18.1 Å². The molecule has 0 N–H and O–H groups in total. The fourth-order valence-electron chi connectivity index (χ4n) is 6.05. The first kappa shape index (κ1) is 39.2. The summed E-state index contributed by atoms with van der Waals surface area (Å²) in [6.45, 7) is 4.93. The molecule has 1 aliphatic carbocycles. The first-order valence-corrected chi connectivity index (χ1v) is 18.2. The lowest BCUT2D eigenvalue weighted by molar-refractivity contribution is -0.225. The molecule has 5 nitrogen and oxygen atoms in total. The van der Waals surface area contributed by atoms with E-state index in [2.05, 4.69) is 6.92 Å². The van der Waals surface area contributed by atoms with E-state index in [0.717, 1.165) is 41.7 Å². The van der Waals surface area contributed by atoms with Crippen LogP contribution >= 0.6 is 0 Å². The summed E-state index contributed by atoms with van der Waals surface area (Å²) in [5, 5.41) is 0. The Kier molecular flexibility index (Phi) is 17.6. The Morgan fingerprint density at radius 1 is 0.792 bits per heavy atom. The van der Waals surface area contributed by atoms with Crippen LogP contribution in [-0.4, -0.2) is 30.8 Å². The van der Waals surface area contributed by atoms with Gasteiger partial charge in [-0.2, -0.15) is 13.2 Å². The van der Waals surface area contributed by atoms with E-state index in [1.165, 1.54) is 63.9 Å². The highest BCUT2D eigenvalue weighted by Crippen LogP contribution is 2.32. The summed E-state index contributed by atoms with van der Waals surface area (Å²) < 4.78 is 56.9. The summed E-state index contributed by atoms with van der Waals surface area (Å²) in [6, 6.07) is 12.7. The van der Waals surface area contributed by atoms with Gasteiger partial charge in [0.25, 0.3) is 0 Å². The van der Waals surface area contributed by atoms with Crippen LogP contribution in [0.15, 0.2) is 48.5 Å². The lowest BCUT2D eigenvalue weighted by Crippen LogP contribution is -2.37. The smallest absolute Gasteiger partial charge is 0.425 e. The van der Waals surface area contributed by atoms with Crippen molar-refractivity contribution in [3.63, 3.8) is 0 Å². The second kappa shape index (κ2) is 21.6. The number of carbonyl (C=O) groups is 2. The molecule has 1 aliphatic rings. The van der Waals surface area contributed by atoms with Crippen LogP contribution in [0.4, 0.5) is 13.2 Å². The number of carbonyl (C=O) groups excluding carboxylic acids is 2. The van der Waals surface area contributed by atoms with Gasteiger partial charge in [-0.15, -0.1) is 0 Å². The van der Waals surface area contributed by atoms with Gasteiger partial charge in [-0.1, -0.05) is 109 Å². The van der Waals surface area contributed by atoms with Crippen LogP contribution in [0.5, 0.6) is 11.5 Å². The maximum atomic E-state index is 13.5. The number of rotatable bonds is 22. The Bertz CT molecular complexity index is 1250. The van der Waals surface area contributed by atoms with Crippen LogP contribution in [0.2, 0.25) is 0 Å². The fourth-order valence-corrected chi connectivity index (χ4v) is 6.05. The normalized spacial score (nSPS) is 15.2. The van der Waals surface area contributed by atoms with Gasteiger partial charge in [0.1, 0.15) is 11.5 Å². The molecule has 1 unspecified atom stereocenters. The van der Waals surface area contributed by atoms with E-state index >= 15 is 0 Å². The fraction of sp³-hybridized carbons (Fsp3) is 0.600. The molecule has 0 fully saturated rings. The predicted molar refractivity (Wildman–Crippen MR) is 185 cm³/mol. The number of ether oxygens (including phenoxy) is 3. The van der Waals surface area contributed by atoms with E-state index in [-0.39, 0.29) is 6.42 Å². The molecule has 2 aromatic rings. The van der Waals surface area contributed by atoms with Crippen LogP contribution in [0.25, 0.3) is 6.08 Å². The van der Waals surface area contributed by atoms with Crippen molar-refractivity contribution in [3.05, 3.63) is 65.2 Å². The molecule has 2 aromatic carbocycles. The Labute approximate surface area is 285 Å². The molecule has 0 radical (unpaired) electrons. The molecule has 3 rings (SSSR count). The predicted octanol–water partition coefficient (Wildman–Crippen LogP) is 11.2. The second-order valence-corrected chi connectivity index (χ2v) is 13.0. The van der Waals surface area contributed by atoms with Gasteiger partial charge in [-0.05, 0) is 85.6 Å². The average Bonchev–Trinajstić information content (AvgIpc) is 3.07. The summed E-state index contributed by atoms with van der Waals surface area (Å²) in [7, 11) is 0. The largest absolute Gasteiger partial charge is 0.494 e. The van der Waals surface area contributed by atoms with Gasteiger partial charge in [0, 0.05) is 6.08 Å². The molecule has 0 aliphatic heterocycles. The Balaban J connectivity index is 1.37. The van der Waals surface area contributed by atoms with Gasteiger partial charge in [0.2, 0.25) is 0 Å². The highest BCUT2D eigenvalue weighted by atomic mass is 19.4. The van der Waals surface area contributed by atoms with Crippen molar-refractivity contribution in [1.29, 1.82) is 0 Å². The quantitative estimate of drug-likeness (QED) is 0.0539. The van der Waals surface area contributed by atoms with Crippen molar-refractivity contribution >= 4 is 18.0 Å². The van der Waals surface area contributed by atoms with E-state index in [4.69, 9.17) is 14.2 Å². The van der Waals surface area contributed by atoms with Gasteiger partial charge in [0.05, 0.1) is 12.5 Å². The SMILES string of the molecule is CCCCCCCCCCCCOc1ccc(C=CC(=O)Oc2ccc3c(c2)CCC(C(=O)O[C@H](CCCCCC)C(F)(F)F)C3)cc1. The van der Waals surface area contributed by atoms with Crippen molar-refractivity contribution in [1.82, 2.24) is 0 Å². The number of aryl methyl sites for hydroxylation is 1. The monoisotopic (exact) mass is 672 g/mol. The van der Waals surface area contributed by atoms with Crippen LogP contribution < -0.4 is 9.47 Å². The average molecular weight is 673 g/mol. The Morgan fingerprint density at radius 3 is 2.04 bits per heavy atom. The van der Waals surface area contributed by atoms with Crippen LogP contribution in [0, 0.1) is 5.92 Å². The molecule has 0 aromatic heterocycles. The first-order chi connectivity index (χ1) is 23.2. The molecule has 0 saturated heterocycles. The molecule has 8 heteroatoms. The number of unbranched alkanes of at least 4 members (excludes halogenated alkanes) is 12. The minimum Gasteiger partial charge on any atom is -0.494 e. The van der Waals surface area contributed by atoms with E-state index in [9.17, 15) is 22.8 Å². The summed E-state index contributed by atoms with van der Waals surface area (Å²) >= 11 is 0. The summed E-state index contributed by atoms with van der Waals surface area (Å²) in [6.07, 6.45) is 13.0. The number of alkyl halides is 3. The molecular formula is C40H55F3O5. The van der Waals surface area contributed by atoms with Gasteiger partial charge < -0.3 is 14.2 Å². The second-order valence-electron chi connectivity index (χ2n) is 13.0. The number of benzene rings is 2. The third kappa shape index (κ3) is 14.9. The van der Waals surface area contributed by atoms with Crippen molar-refractivity contribution in [3.8, 4) is 11.5 Å². The van der Waals surface area contributed by atoms with Crippen LogP contribution in [0.3, 0.4) is 0 Å². The zero-order chi connectivity index (χ0) is 34.6. The number of halogens is 3. The molecule has 0 spiro atoms. The van der Waals surface area contributed by atoms with Gasteiger partial charge in [-0.3, -0.25) is 4.79 Å². The maximum Gasteiger partial charge on any atom is 0.425 e. The first-order valence-electron chi connectivity index (χ1n) is 18.2. The van der Waals surface area contributed by atoms with E-state index in [1.54, 1.807) is 24.3 Å². The van der Waals surface area contributed by atoms with E-state index in [0.29, 0.717) is 44.5 Å². The molecule has 0 bridgehead atoms. The Morgan fingerprint density at radius 2 is 1.40 bits per heavy atom. The standard InChI is InChI=1S/C40H55F3O5/c1-3-5-7-9-10-11-12-13-14-16-28-46-35-24-18-31(19-25-35)20-27-38(44)47-36-26-23-32-29-34(22-21-33(32)30-36)39(45)48-37(40(41,42)43)17-15-8-6-4-2/h18-20,23-27,30,34,37H,3-17,21-22,28-29H2,1-2H3/t34?,37-/m1/s1. The van der Waals surface area contributed by atoms with Crippen LogP contribution in [-0.2, 0) is 27.2 Å². The molecule has 0 heterocycles. The van der Waals surface area contributed by atoms with E-state index in [1.807, 2.05) is 31.2 Å². The van der Waals surface area contributed by atoms with Crippen molar-refractivity contribution in [2.75, 3.05) is 6.61 Å². The molecule has 48 heavy (non-hydrogen) atoms. The lowest BCUT2D eigenvalue weighted by Gasteiger charge is -2.27. The highest BCUT2D eigenvalue weighted by Gasteiger charge is 2.43. The molecular weight excluding hydrogens is 617 g/mol. The summed E-state index contributed by atoms with van der Waals surface area (Å²) in [5.41, 5.74) is 2.60. The molecule has 0 saturated carbocycles. The van der Waals surface area contributed by atoms with Crippen molar-refractivity contribution in [2.24, 2.45) is 5.92 Å². The number of esters is 2. The van der Waals surface area contributed by atoms with Gasteiger partial charge in [0.15, 0.2) is 6.10 Å². The number of fused-ring (bicyclic) bond motifs is 1. The third-order valence-electron chi connectivity index (χ3n) is 8.96. The topological polar surface area (TPSA) is 61.8 Å². The number of hydrogen-bond donors (Lipinski definition) is 0. The minimum absolute atomic E-state index is 0.207. The lowest BCUT2D eigenvalue weighted by atomic mass is 9.84. The zero-order valence-corrected chi connectivity index (χ0v) is 29.0. The zero-order valence-electron chi connectivity index (χ0n) is 29.0. The van der Waals surface area contributed by atoms with Crippen molar-refractivity contribution in [2.45, 2.75) is 142 Å².